The molecule has 0 unspecified atom stereocenters. The van der Waals surface area contributed by atoms with E-state index < -0.39 is 5.82 Å². The van der Waals surface area contributed by atoms with E-state index in [1.165, 1.54) is 6.07 Å². The Balaban J connectivity index is 2.25. The van der Waals surface area contributed by atoms with Gasteiger partial charge in [-0.1, -0.05) is 39.7 Å². The lowest BCUT2D eigenvalue weighted by atomic mass is 10.2. The number of hydrogen-bond acceptors (Lipinski definition) is 2. The minimum Gasteiger partial charge on any atom is -0.493 e. The summed E-state index contributed by atoms with van der Waals surface area (Å²) in [6.07, 6.45) is 0. The van der Waals surface area contributed by atoms with Gasteiger partial charge in [0.25, 0.3) is 0 Å². The first-order valence-electron chi connectivity index (χ1n) is 6.05. The highest BCUT2D eigenvalue weighted by Gasteiger charge is 2.13. The van der Waals surface area contributed by atoms with Gasteiger partial charge in [0.05, 0.1) is 16.6 Å². The number of methoxy groups -OCH3 is 1. The molecule has 0 atom stereocenters. The highest BCUT2D eigenvalue weighted by atomic mass is 79.9. The van der Waals surface area contributed by atoms with Crippen molar-refractivity contribution < 1.29 is 13.9 Å². The van der Waals surface area contributed by atoms with Gasteiger partial charge in [0.15, 0.2) is 11.5 Å². The molecule has 0 saturated heterocycles. The van der Waals surface area contributed by atoms with Crippen LogP contribution in [0, 0.1) is 5.82 Å². The normalized spacial score (nSPS) is 10.5. The molecule has 2 nitrogen and oxygen atoms in total. The first-order chi connectivity index (χ1) is 10.1. The van der Waals surface area contributed by atoms with E-state index in [9.17, 15) is 4.39 Å². The van der Waals surface area contributed by atoms with Crippen molar-refractivity contribution in [3.8, 4) is 11.5 Å². The van der Waals surface area contributed by atoms with Crippen molar-refractivity contribution in [2.24, 2.45) is 0 Å². The van der Waals surface area contributed by atoms with Gasteiger partial charge in [-0.05, 0) is 39.7 Å². The molecule has 0 N–H and O–H groups in total. The average Bonchev–Trinajstić information content (AvgIpc) is 2.49. The Labute approximate surface area is 144 Å². The average molecular weight is 439 g/mol. The molecule has 2 rings (SSSR count). The fourth-order valence-electron chi connectivity index (χ4n) is 1.80. The molecule has 6 heteroatoms. The summed E-state index contributed by atoms with van der Waals surface area (Å²) in [5.74, 6) is 0.647. The Bertz CT molecular complexity index is 650. The predicted octanol–water partition coefficient (Wildman–Crippen LogP) is 5.72. The maximum atomic E-state index is 13.8. The third-order valence-corrected chi connectivity index (χ3v) is 4.38. The van der Waals surface area contributed by atoms with Crippen molar-refractivity contribution in [2.75, 3.05) is 7.11 Å². The van der Waals surface area contributed by atoms with Gasteiger partial charge in [0, 0.05) is 10.9 Å². The van der Waals surface area contributed by atoms with Crippen LogP contribution in [0.15, 0.2) is 34.8 Å². The Morgan fingerprint density at radius 1 is 1.29 bits per heavy atom. The van der Waals surface area contributed by atoms with Crippen LogP contribution in [-0.2, 0) is 11.9 Å². The maximum absolute atomic E-state index is 13.8. The number of hydrogen-bond donors (Lipinski definition) is 0. The maximum Gasteiger partial charge on any atom is 0.175 e. The number of halogens is 4. The van der Waals surface area contributed by atoms with Crippen molar-refractivity contribution in [3.05, 3.63) is 56.8 Å². The van der Waals surface area contributed by atoms with E-state index in [0.717, 1.165) is 10.0 Å². The summed E-state index contributed by atoms with van der Waals surface area (Å²) in [6, 6.07) is 8.60. The van der Waals surface area contributed by atoms with Crippen LogP contribution in [0.2, 0.25) is 5.02 Å². The van der Waals surface area contributed by atoms with Crippen LogP contribution in [0.3, 0.4) is 0 Å². The van der Waals surface area contributed by atoms with Gasteiger partial charge in [-0.25, -0.2) is 4.39 Å². The largest absolute Gasteiger partial charge is 0.493 e. The van der Waals surface area contributed by atoms with Crippen molar-refractivity contribution in [3.63, 3.8) is 0 Å². The molecule has 0 bridgehead atoms. The molecule has 0 fully saturated rings. The van der Waals surface area contributed by atoms with Gasteiger partial charge in [0.1, 0.15) is 12.4 Å². The molecule has 0 aliphatic heterocycles. The molecule has 0 heterocycles. The number of alkyl halides is 1. The summed E-state index contributed by atoms with van der Waals surface area (Å²) in [5.41, 5.74) is 1.43. The van der Waals surface area contributed by atoms with Crippen LogP contribution >= 0.6 is 43.5 Å². The molecule has 0 aliphatic carbocycles. The van der Waals surface area contributed by atoms with Gasteiger partial charge in [-0.2, -0.15) is 0 Å². The lowest BCUT2D eigenvalue weighted by Crippen LogP contribution is -2.01. The SMILES string of the molecule is COc1cc(CBr)cc(Br)c1OCc1cccc(Cl)c1F. The van der Waals surface area contributed by atoms with E-state index in [4.69, 9.17) is 21.1 Å². The number of benzene rings is 2. The highest BCUT2D eigenvalue weighted by molar-refractivity contribution is 9.10. The van der Waals surface area contributed by atoms with Crippen molar-refractivity contribution >= 4 is 43.5 Å². The molecular formula is C15H12Br2ClFO2. The van der Waals surface area contributed by atoms with Gasteiger partial charge >= 0.3 is 0 Å². The molecule has 0 amide bonds. The minimum absolute atomic E-state index is 0.0645. The molecule has 0 aliphatic rings. The quantitative estimate of drug-likeness (QED) is 0.556. The zero-order chi connectivity index (χ0) is 15.4. The Morgan fingerprint density at radius 3 is 2.71 bits per heavy atom. The van der Waals surface area contributed by atoms with E-state index in [-0.39, 0.29) is 11.6 Å². The van der Waals surface area contributed by atoms with Gasteiger partial charge in [-0.3, -0.25) is 0 Å². The summed E-state index contributed by atoms with van der Waals surface area (Å²) in [7, 11) is 1.56. The van der Waals surface area contributed by atoms with Crippen LogP contribution in [-0.4, -0.2) is 7.11 Å². The molecular weight excluding hydrogens is 426 g/mol. The van der Waals surface area contributed by atoms with Gasteiger partial charge in [0.2, 0.25) is 0 Å². The van der Waals surface area contributed by atoms with Crippen molar-refractivity contribution in [2.45, 2.75) is 11.9 Å². The zero-order valence-corrected chi connectivity index (χ0v) is 15.1. The van der Waals surface area contributed by atoms with Crippen molar-refractivity contribution in [1.82, 2.24) is 0 Å². The van der Waals surface area contributed by atoms with E-state index in [0.29, 0.717) is 22.4 Å². The number of ether oxygens (including phenoxy) is 2. The standard InChI is InChI=1S/C15H12Br2ClFO2/c1-20-13-6-9(7-16)5-11(17)15(13)21-8-10-3-2-4-12(18)14(10)19/h2-6H,7-8H2,1H3. The lowest BCUT2D eigenvalue weighted by molar-refractivity contribution is 0.278. The van der Waals surface area contributed by atoms with Crippen LogP contribution in [0.5, 0.6) is 11.5 Å². The van der Waals surface area contributed by atoms with E-state index in [1.807, 2.05) is 12.1 Å². The Kier molecular flexibility index (Phi) is 5.90. The molecule has 0 spiro atoms. The highest BCUT2D eigenvalue weighted by Crippen LogP contribution is 2.37. The third-order valence-electron chi connectivity index (χ3n) is 2.85. The molecule has 112 valence electrons. The van der Waals surface area contributed by atoms with Gasteiger partial charge in [-0.15, -0.1) is 0 Å². The Hall–Kier alpha value is -0.780. The number of rotatable bonds is 5. The predicted molar refractivity (Wildman–Crippen MR) is 89.1 cm³/mol. The smallest absolute Gasteiger partial charge is 0.175 e. The first-order valence-corrected chi connectivity index (χ1v) is 8.34. The topological polar surface area (TPSA) is 18.5 Å². The van der Waals surface area contributed by atoms with Crippen LogP contribution < -0.4 is 9.47 Å². The molecule has 0 aromatic heterocycles. The Morgan fingerprint density at radius 2 is 2.05 bits per heavy atom. The fourth-order valence-corrected chi connectivity index (χ4v) is 2.92. The second-order valence-electron chi connectivity index (χ2n) is 4.24. The lowest BCUT2D eigenvalue weighted by Gasteiger charge is -2.14. The molecule has 2 aromatic rings. The summed E-state index contributed by atoms with van der Waals surface area (Å²) in [4.78, 5) is 0. The van der Waals surface area contributed by atoms with Crippen LogP contribution in [0.4, 0.5) is 4.39 Å². The molecule has 0 saturated carbocycles. The van der Waals surface area contributed by atoms with Crippen LogP contribution in [0.25, 0.3) is 0 Å². The fraction of sp³-hybridized carbons (Fsp3) is 0.200. The monoisotopic (exact) mass is 436 g/mol. The summed E-state index contributed by atoms with van der Waals surface area (Å²) in [6.45, 7) is 0.0645. The third kappa shape index (κ3) is 3.90. The van der Waals surface area contributed by atoms with E-state index >= 15 is 0 Å². The summed E-state index contributed by atoms with van der Waals surface area (Å²) < 4.78 is 25.6. The molecule has 2 aromatic carbocycles. The van der Waals surface area contributed by atoms with Gasteiger partial charge < -0.3 is 9.47 Å². The second kappa shape index (κ2) is 7.47. The molecule has 0 radical (unpaired) electrons. The molecule has 21 heavy (non-hydrogen) atoms. The zero-order valence-electron chi connectivity index (χ0n) is 11.1. The van der Waals surface area contributed by atoms with E-state index in [2.05, 4.69) is 31.9 Å². The van der Waals surface area contributed by atoms with Crippen molar-refractivity contribution in [1.29, 1.82) is 0 Å². The second-order valence-corrected chi connectivity index (χ2v) is 6.07. The summed E-state index contributed by atoms with van der Waals surface area (Å²) in [5, 5.41) is 0.780. The summed E-state index contributed by atoms with van der Waals surface area (Å²) >= 11 is 12.6. The first kappa shape index (κ1) is 16.6. The van der Waals surface area contributed by atoms with Crippen LogP contribution in [0.1, 0.15) is 11.1 Å². The van der Waals surface area contributed by atoms with E-state index in [1.54, 1.807) is 19.2 Å². The minimum atomic E-state index is -0.466.